The third kappa shape index (κ3) is 3.23. The molecule has 0 saturated carbocycles. The Labute approximate surface area is 168 Å². The number of fused-ring (bicyclic) bond motifs is 2. The van der Waals surface area contributed by atoms with Crippen molar-refractivity contribution in [2.45, 2.75) is 19.9 Å². The Hall–Kier alpha value is -2.99. The lowest BCUT2D eigenvalue weighted by Crippen LogP contribution is -2.38. The minimum atomic E-state index is -0.796. The fraction of sp³-hybridized carbons (Fsp3) is 0.304. The van der Waals surface area contributed by atoms with E-state index in [4.69, 9.17) is 4.42 Å². The first-order chi connectivity index (χ1) is 14.1. The molecule has 0 saturated heterocycles. The molecule has 29 heavy (non-hydrogen) atoms. The van der Waals surface area contributed by atoms with Gasteiger partial charge in [-0.05, 0) is 31.3 Å². The molecule has 2 aromatic carbocycles. The van der Waals surface area contributed by atoms with Crippen molar-refractivity contribution in [2.24, 2.45) is 0 Å². The van der Waals surface area contributed by atoms with Gasteiger partial charge < -0.3 is 14.2 Å². The van der Waals surface area contributed by atoms with Gasteiger partial charge in [0.2, 0.25) is 5.76 Å². The van der Waals surface area contributed by atoms with Gasteiger partial charge in [-0.2, -0.15) is 0 Å². The first-order valence-corrected chi connectivity index (χ1v) is 9.90. The van der Waals surface area contributed by atoms with Gasteiger partial charge in [0, 0.05) is 18.7 Å². The van der Waals surface area contributed by atoms with E-state index in [-0.39, 0.29) is 22.7 Å². The molecule has 0 radical (unpaired) electrons. The summed E-state index contributed by atoms with van der Waals surface area (Å²) in [6.07, 6.45) is 0. The molecule has 2 heterocycles. The highest BCUT2D eigenvalue weighted by Gasteiger charge is 2.43. The molecule has 4 rings (SSSR count). The lowest BCUT2D eigenvalue weighted by molar-refractivity contribution is 0.0706. The van der Waals surface area contributed by atoms with Gasteiger partial charge in [-0.25, -0.2) is 4.39 Å². The normalized spacial score (nSPS) is 16.1. The zero-order valence-corrected chi connectivity index (χ0v) is 16.5. The Bertz CT molecular complexity index is 1120. The third-order valence-electron chi connectivity index (χ3n) is 5.62. The van der Waals surface area contributed by atoms with Crippen molar-refractivity contribution in [2.75, 3.05) is 26.2 Å². The molecule has 1 unspecified atom stereocenters. The van der Waals surface area contributed by atoms with Crippen LogP contribution in [0.4, 0.5) is 4.39 Å². The molecule has 6 heteroatoms. The third-order valence-corrected chi connectivity index (χ3v) is 5.62. The Morgan fingerprint density at radius 1 is 1.03 bits per heavy atom. The number of hydrogen-bond acceptors (Lipinski definition) is 4. The summed E-state index contributed by atoms with van der Waals surface area (Å²) in [6, 6.07) is 12.3. The Kier molecular flexibility index (Phi) is 5.20. The molecule has 1 atom stereocenters. The molecule has 1 aliphatic rings. The van der Waals surface area contributed by atoms with E-state index >= 15 is 0 Å². The largest absolute Gasteiger partial charge is 0.450 e. The van der Waals surface area contributed by atoms with Gasteiger partial charge in [-0.3, -0.25) is 9.59 Å². The number of nitrogens with zero attached hydrogens (tertiary/aromatic N) is 2. The van der Waals surface area contributed by atoms with Crippen molar-refractivity contribution in [1.29, 1.82) is 0 Å². The smallest absolute Gasteiger partial charge is 0.290 e. The number of carbonyl (C=O) groups excluding carboxylic acids is 1. The van der Waals surface area contributed by atoms with E-state index < -0.39 is 11.9 Å². The zero-order chi connectivity index (χ0) is 20.5. The standard InChI is InChI=1S/C23H23FN2O3/c1-3-25(4-2)13-14-26-20(15-9-5-7-11-17(15)24)19-21(27)16-10-6-8-12-18(16)29-22(19)23(26)28/h5-12,20H,3-4,13-14H2,1-2H3. The van der Waals surface area contributed by atoms with Gasteiger partial charge in [0.15, 0.2) is 5.43 Å². The molecule has 0 bridgehead atoms. The molecule has 0 N–H and O–H groups in total. The zero-order valence-electron chi connectivity index (χ0n) is 16.5. The maximum atomic E-state index is 14.7. The number of rotatable bonds is 6. The Balaban J connectivity index is 1.88. The average Bonchev–Trinajstić information content (AvgIpc) is 3.01. The van der Waals surface area contributed by atoms with Gasteiger partial charge in [0.25, 0.3) is 5.91 Å². The van der Waals surface area contributed by atoms with E-state index in [1.807, 2.05) is 0 Å². The van der Waals surface area contributed by atoms with Crippen LogP contribution in [0.3, 0.4) is 0 Å². The summed E-state index contributed by atoms with van der Waals surface area (Å²) in [5, 5.41) is 0.394. The van der Waals surface area contributed by atoms with E-state index in [9.17, 15) is 14.0 Å². The number of benzene rings is 2. The molecule has 0 spiro atoms. The monoisotopic (exact) mass is 394 g/mol. The topological polar surface area (TPSA) is 53.8 Å². The Morgan fingerprint density at radius 2 is 1.72 bits per heavy atom. The Morgan fingerprint density at radius 3 is 2.45 bits per heavy atom. The number of halogens is 1. The number of hydrogen-bond donors (Lipinski definition) is 0. The fourth-order valence-electron chi connectivity index (χ4n) is 4.01. The fourth-order valence-corrected chi connectivity index (χ4v) is 4.01. The van der Waals surface area contributed by atoms with Gasteiger partial charge in [-0.15, -0.1) is 0 Å². The van der Waals surface area contributed by atoms with Crippen molar-refractivity contribution in [3.8, 4) is 0 Å². The minimum absolute atomic E-state index is 0.0153. The van der Waals surface area contributed by atoms with Gasteiger partial charge in [0.1, 0.15) is 11.4 Å². The van der Waals surface area contributed by atoms with Gasteiger partial charge >= 0.3 is 0 Å². The molecule has 150 valence electrons. The van der Waals surface area contributed by atoms with Gasteiger partial charge in [0.05, 0.1) is 17.0 Å². The molecule has 5 nitrogen and oxygen atoms in total. The van der Waals surface area contributed by atoms with Crippen molar-refractivity contribution in [3.05, 3.63) is 81.5 Å². The van der Waals surface area contributed by atoms with Crippen LogP contribution in [0.25, 0.3) is 11.0 Å². The number of para-hydroxylation sites is 1. The van der Waals surface area contributed by atoms with E-state index in [0.717, 1.165) is 13.1 Å². The van der Waals surface area contributed by atoms with Crippen LogP contribution >= 0.6 is 0 Å². The summed E-state index contributed by atoms with van der Waals surface area (Å²) in [5.74, 6) is -0.802. The average molecular weight is 394 g/mol. The van der Waals surface area contributed by atoms with Crippen molar-refractivity contribution in [1.82, 2.24) is 9.80 Å². The molecule has 1 aromatic heterocycles. The van der Waals surface area contributed by atoms with Crippen LogP contribution in [0, 0.1) is 5.82 Å². The van der Waals surface area contributed by atoms with Crippen LogP contribution < -0.4 is 5.43 Å². The SMILES string of the molecule is CCN(CC)CCN1C(=O)c2oc3ccccc3c(=O)c2C1c1ccccc1F. The second kappa shape index (κ2) is 7.79. The second-order valence-corrected chi connectivity index (χ2v) is 7.12. The van der Waals surface area contributed by atoms with Crippen molar-refractivity contribution < 1.29 is 13.6 Å². The van der Waals surface area contributed by atoms with E-state index in [1.54, 1.807) is 47.4 Å². The van der Waals surface area contributed by atoms with Crippen LogP contribution in [0.5, 0.6) is 0 Å². The lowest BCUT2D eigenvalue weighted by atomic mass is 9.98. The molecular weight excluding hydrogens is 371 g/mol. The summed E-state index contributed by atoms with van der Waals surface area (Å²) < 4.78 is 20.6. The predicted octanol–water partition coefficient (Wildman–Crippen LogP) is 3.82. The summed E-state index contributed by atoms with van der Waals surface area (Å²) in [5.41, 5.74) is 0.608. The van der Waals surface area contributed by atoms with Crippen molar-refractivity contribution in [3.63, 3.8) is 0 Å². The second-order valence-electron chi connectivity index (χ2n) is 7.12. The highest BCUT2D eigenvalue weighted by atomic mass is 19.1. The van der Waals surface area contributed by atoms with Gasteiger partial charge in [-0.1, -0.05) is 44.2 Å². The maximum absolute atomic E-state index is 14.7. The number of carbonyl (C=O) groups is 1. The molecule has 3 aromatic rings. The summed E-state index contributed by atoms with van der Waals surface area (Å²) in [7, 11) is 0. The van der Waals surface area contributed by atoms with Crippen molar-refractivity contribution >= 4 is 16.9 Å². The van der Waals surface area contributed by atoms with Crippen LogP contribution in [-0.4, -0.2) is 41.9 Å². The van der Waals surface area contributed by atoms with Crippen LogP contribution in [0.15, 0.2) is 57.7 Å². The maximum Gasteiger partial charge on any atom is 0.290 e. The highest BCUT2D eigenvalue weighted by Crippen LogP contribution is 2.38. The first-order valence-electron chi connectivity index (χ1n) is 9.90. The number of amides is 1. The molecule has 1 aliphatic heterocycles. The summed E-state index contributed by atoms with van der Waals surface area (Å²) >= 11 is 0. The van der Waals surface area contributed by atoms with Crippen LogP contribution in [0.1, 0.15) is 41.6 Å². The molecule has 0 aliphatic carbocycles. The quantitative estimate of drug-likeness (QED) is 0.638. The summed E-state index contributed by atoms with van der Waals surface area (Å²) in [4.78, 5) is 30.3. The molecular formula is C23H23FN2O3. The minimum Gasteiger partial charge on any atom is -0.450 e. The number of likely N-dealkylation sites (N-methyl/N-ethyl adjacent to an activating group) is 1. The molecule has 1 amide bonds. The first kappa shape index (κ1) is 19.3. The van der Waals surface area contributed by atoms with E-state index in [0.29, 0.717) is 29.6 Å². The van der Waals surface area contributed by atoms with Crippen LogP contribution in [0.2, 0.25) is 0 Å². The van der Waals surface area contributed by atoms with Crippen LogP contribution in [-0.2, 0) is 0 Å². The lowest BCUT2D eigenvalue weighted by Gasteiger charge is -2.28. The van der Waals surface area contributed by atoms with E-state index in [1.165, 1.54) is 6.07 Å². The highest BCUT2D eigenvalue weighted by molar-refractivity contribution is 5.99. The molecule has 0 fully saturated rings. The predicted molar refractivity (Wildman–Crippen MR) is 110 cm³/mol. The van der Waals surface area contributed by atoms with E-state index in [2.05, 4.69) is 18.7 Å². The summed E-state index contributed by atoms with van der Waals surface area (Å²) in [6.45, 7) is 6.80.